The second-order valence-electron chi connectivity index (χ2n) is 3.89. The molecule has 0 radical (unpaired) electrons. The van der Waals surface area contributed by atoms with Gasteiger partial charge in [-0.15, -0.1) is 0 Å². The minimum absolute atomic E-state index is 0.720. The molecule has 0 spiro atoms. The molecular formula is C14H17N3O. The number of rotatable bonds is 7. The number of aromatic nitrogens is 2. The summed E-state index contributed by atoms with van der Waals surface area (Å²) in [6.07, 6.45) is 6.12. The van der Waals surface area contributed by atoms with E-state index in [2.05, 4.69) is 15.3 Å². The van der Waals surface area contributed by atoms with Crippen LogP contribution in [0.4, 0.5) is 0 Å². The summed E-state index contributed by atoms with van der Waals surface area (Å²) in [5.41, 5.74) is 0.960. The summed E-state index contributed by atoms with van der Waals surface area (Å²) < 4.78 is 5.59. The predicted molar refractivity (Wildman–Crippen MR) is 70.3 cm³/mol. The van der Waals surface area contributed by atoms with Crippen LogP contribution in [0.15, 0.2) is 48.9 Å². The molecule has 0 fully saturated rings. The zero-order valence-electron chi connectivity index (χ0n) is 10.2. The molecule has 1 aromatic carbocycles. The van der Waals surface area contributed by atoms with Crippen molar-refractivity contribution in [2.24, 2.45) is 0 Å². The first-order chi connectivity index (χ1) is 8.95. The number of para-hydroxylation sites is 1. The van der Waals surface area contributed by atoms with E-state index in [0.717, 1.165) is 37.6 Å². The van der Waals surface area contributed by atoms with Gasteiger partial charge in [-0.05, 0) is 25.1 Å². The molecule has 1 heterocycles. The van der Waals surface area contributed by atoms with Gasteiger partial charge in [0.25, 0.3) is 0 Å². The van der Waals surface area contributed by atoms with Crippen LogP contribution in [0.2, 0.25) is 0 Å². The summed E-state index contributed by atoms with van der Waals surface area (Å²) in [6, 6.07) is 9.86. The van der Waals surface area contributed by atoms with Crippen LogP contribution in [-0.4, -0.2) is 23.1 Å². The number of benzene rings is 1. The van der Waals surface area contributed by atoms with Crippen molar-refractivity contribution in [2.45, 2.75) is 13.0 Å². The van der Waals surface area contributed by atoms with E-state index in [4.69, 9.17) is 4.74 Å². The van der Waals surface area contributed by atoms with E-state index in [1.165, 1.54) is 0 Å². The molecule has 0 saturated heterocycles. The quantitative estimate of drug-likeness (QED) is 0.756. The lowest BCUT2D eigenvalue weighted by molar-refractivity contribution is 0.308. The summed E-state index contributed by atoms with van der Waals surface area (Å²) in [7, 11) is 0. The number of nitrogens with zero attached hydrogens (tertiary/aromatic N) is 2. The topological polar surface area (TPSA) is 47.0 Å². The molecule has 18 heavy (non-hydrogen) atoms. The van der Waals surface area contributed by atoms with Gasteiger partial charge in [0.2, 0.25) is 0 Å². The van der Waals surface area contributed by atoms with Crippen LogP contribution in [0.25, 0.3) is 0 Å². The average molecular weight is 243 g/mol. The maximum atomic E-state index is 5.59. The molecule has 0 aliphatic rings. The van der Waals surface area contributed by atoms with E-state index >= 15 is 0 Å². The van der Waals surface area contributed by atoms with Gasteiger partial charge < -0.3 is 10.1 Å². The lowest BCUT2D eigenvalue weighted by Gasteiger charge is -2.06. The van der Waals surface area contributed by atoms with Crippen molar-refractivity contribution in [3.05, 3.63) is 54.6 Å². The summed E-state index contributed by atoms with van der Waals surface area (Å²) in [5.74, 6) is 0.923. The molecule has 0 unspecified atom stereocenters. The molecule has 2 aromatic rings. The Morgan fingerprint density at radius 1 is 1.11 bits per heavy atom. The van der Waals surface area contributed by atoms with Gasteiger partial charge in [-0.1, -0.05) is 18.2 Å². The first-order valence-electron chi connectivity index (χ1n) is 6.08. The smallest absolute Gasteiger partial charge is 0.119 e. The Balaban J connectivity index is 1.54. The van der Waals surface area contributed by atoms with Gasteiger partial charge in [0.05, 0.1) is 12.3 Å². The molecule has 0 saturated carbocycles. The largest absolute Gasteiger partial charge is 0.494 e. The molecule has 0 aliphatic heterocycles. The number of nitrogens with one attached hydrogen (secondary N) is 1. The highest BCUT2D eigenvalue weighted by Gasteiger charge is 1.94. The van der Waals surface area contributed by atoms with E-state index in [9.17, 15) is 0 Å². The van der Waals surface area contributed by atoms with Gasteiger partial charge in [-0.2, -0.15) is 0 Å². The van der Waals surface area contributed by atoms with Crippen molar-refractivity contribution < 1.29 is 4.74 Å². The minimum atomic E-state index is 0.720. The van der Waals surface area contributed by atoms with Gasteiger partial charge in [-0.25, -0.2) is 0 Å². The van der Waals surface area contributed by atoms with Crippen LogP contribution < -0.4 is 10.1 Å². The van der Waals surface area contributed by atoms with Crippen LogP contribution in [0.1, 0.15) is 12.1 Å². The summed E-state index contributed by atoms with van der Waals surface area (Å²) in [5, 5.41) is 3.31. The van der Waals surface area contributed by atoms with Crippen LogP contribution >= 0.6 is 0 Å². The van der Waals surface area contributed by atoms with Crippen molar-refractivity contribution in [3.8, 4) is 5.75 Å². The maximum Gasteiger partial charge on any atom is 0.119 e. The highest BCUT2D eigenvalue weighted by molar-refractivity contribution is 5.20. The average Bonchev–Trinajstić information content (AvgIpc) is 2.45. The van der Waals surface area contributed by atoms with E-state index in [1.807, 2.05) is 30.3 Å². The highest BCUT2D eigenvalue weighted by Crippen LogP contribution is 2.07. The molecule has 0 atom stereocenters. The molecule has 4 nitrogen and oxygen atoms in total. The van der Waals surface area contributed by atoms with Gasteiger partial charge in [-0.3, -0.25) is 9.97 Å². The standard InChI is InChI=1S/C14H17N3O/c1-2-5-14(6-3-1)18-10-4-7-15-11-13-12-16-8-9-17-13/h1-3,5-6,8-9,12,15H,4,7,10-11H2. The van der Waals surface area contributed by atoms with E-state index in [-0.39, 0.29) is 0 Å². The Hall–Kier alpha value is -1.94. The van der Waals surface area contributed by atoms with Crippen molar-refractivity contribution in [1.29, 1.82) is 0 Å². The third-order valence-corrected chi connectivity index (χ3v) is 2.43. The Labute approximate surface area is 107 Å². The van der Waals surface area contributed by atoms with Crippen molar-refractivity contribution in [1.82, 2.24) is 15.3 Å². The molecule has 0 amide bonds. The fourth-order valence-corrected chi connectivity index (χ4v) is 1.54. The first kappa shape index (κ1) is 12.5. The zero-order chi connectivity index (χ0) is 12.5. The zero-order valence-corrected chi connectivity index (χ0v) is 10.2. The van der Waals surface area contributed by atoms with Crippen LogP contribution in [0.3, 0.4) is 0 Å². The lowest BCUT2D eigenvalue weighted by atomic mass is 10.3. The molecule has 4 heteroatoms. The van der Waals surface area contributed by atoms with Crippen LogP contribution in [-0.2, 0) is 6.54 Å². The summed E-state index contributed by atoms with van der Waals surface area (Å²) in [6.45, 7) is 2.38. The van der Waals surface area contributed by atoms with Gasteiger partial charge in [0.15, 0.2) is 0 Å². The number of hydrogen-bond donors (Lipinski definition) is 1. The third-order valence-electron chi connectivity index (χ3n) is 2.43. The Bertz CT molecular complexity index is 390. The SMILES string of the molecule is c1ccc(OCCCNCc2cnccn2)cc1. The van der Waals surface area contributed by atoms with E-state index in [1.54, 1.807) is 18.6 Å². The van der Waals surface area contributed by atoms with Crippen molar-refractivity contribution in [3.63, 3.8) is 0 Å². The number of hydrogen-bond acceptors (Lipinski definition) is 4. The van der Waals surface area contributed by atoms with Gasteiger partial charge >= 0.3 is 0 Å². The summed E-state index contributed by atoms with van der Waals surface area (Å²) >= 11 is 0. The summed E-state index contributed by atoms with van der Waals surface area (Å²) in [4.78, 5) is 8.20. The predicted octanol–water partition coefficient (Wildman–Crippen LogP) is 2.04. The molecule has 1 aromatic heterocycles. The van der Waals surface area contributed by atoms with Gasteiger partial charge in [0, 0.05) is 25.1 Å². The number of ether oxygens (including phenoxy) is 1. The van der Waals surface area contributed by atoms with Gasteiger partial charge in [0.1, 0.15) is 5.75 Å². The molecule has 1 N–H and O–H groups in total. The second-order valence-corrected chi connectivity index (χ2v) is 3.89. The highest BCUT2D eigenvalue weighted by atomic mass is 16.5. The molecule has 94 valence electrons. The lowest BCUT2D eigenvalue weighted by Crippen LogP contribution is -2.17. The second kappa shape index (κ2) is 7.40. The monoisotopic (exact) mass is 243 g/mol. The van der Waals surface area contributed by atoms with Crippen LogP contribution in [0, 0.1) is 0 Å². The van der Waals surface area contributed by atoms with E-state index in [0.29, 0.717) is 0 Å². The maximum absolute atomic E-state index is 5.59. The minimum Gasteiger partial charge on any atom is -0.494 e. The van der Waals surface area contributed by atoms with E-state index < -0.39 is 0 Å². The third kappa shape index (κ3) is 4.51. The Morgan fingerprint density at radius 2 is 2.00 bits per heavy atom. The molecular weight excluding hydrogens is 226 g/mol. The molecule has 0 bridgehead atoms. The normalized spacial score (nSPS) is 10.2. The fraction of sp³-hybridized carbons (Fsp3) is 0.286. The Morgan fingerprint density at radius 3 is 2.78 bits per heavy atom. The fourth-order valence-electron chi connectivity index (χ4n) is 1.54. The molecule has 0 aliphatic carbocycles. The van der Waals surface area contributed by atoms with Crippen molar-refractivity contribution >= 4 is 0 Å². The van der Waals surface area contributed by atoms with Crippen molar-refractivity contribution in [2.75, 3.05) is 13.2 Å². The first-order valence-corrected chi connectivity index (χ1v) is 6.08. The van der Waals surface area contributed by atoms with Crippen LogP contribution in [0.5, 0.6) is 5.75 Å². The Kier molecular flexibility index (Phi) is 5.14. The molecule has 2 rings (SSSR count).